The second-order valence-corrected chi connectivity index (χ2v) is 13.4. The number of rotatable bonds is 12. The predicted octanol–water partition coefficient (Wildman–Crippen LogP) is 2.61. The lowest BCUT2D eigenvalue weighted by molar-refractivity contribution is -0.144. The van der Waals surface area contributed by atoms with E-state index in [1.807, 2.05) is 91.0 Å². The SMILES string of the molecule is O=C(O)C(Cc1ccccc1)N1CCN2CCN(C(Cc3ccccc3)C(=O)O)CCN(CC1)CCN(C(Cc1ccccc1)C(=O)O)CC2. The van der Waals surface area contributed by atoms with Crippen molar-refractivity contribution in [2.75, 3.05) is 78.5 Å². The largest absolute Gasteiger partial charge is 0.480 e. The first-order valence-corrected chi connectivity index (χ1v) is 17.7. The van der Waals surface area contributed by atoms with Gasteiger partial charge in [0.15, 0.2) is 0 Å². The van der Waals surface area contributed by atoms with E-state index >= 15 is 0 Å². The molecule has 3 fully saturated rings. The van der Waals surface area contributed by atoms with E-state index in [-0.39, 0.29) is 0 Å². The first-order chi connectivity index (χ1) is 24.3. The van der Waals surface area contributed by atoms with Gasteiger partial charge in [-0.2, -0.15) is 0 Å². The molecular weight excluding hydrogens is 634 g/mol. The van der Waals surface area contributed by atoms with Crippen LogP contribution in [0.1, 0.15) is 16.7 Å². The van der Waals surface area contributed by atoms with Gasteiger partial charge in [-0.25, -0.2) is 0 Å². The molecule has 3 unspecified atom stereocenters. The molecule has 3 aliphatic rings. The van der Waals surface area contributed by atoms with Gasteiger partial charge in [0, 0.05) is 78.5 Å². The Morgan fingerprint density at radius 1 is 0.400 bits per heavy atom. The second-order valence-electron chi connectivity index (χ2n) is 13.4. The maximum Gasteiger partial charge on any atom is 0.321 e. The Labute approximate surface area is 295 Å². The minimum Gasteiger partial charge on any atom is -0.480 e. The highest BCUT2D eigenvalue weighted by Crippen LogP contribution is 2.16. The van der Waals surface area contributed by atoms with Crippen molar-refractivity contribution in [1.29, 1.82) is 0 Å². The van der Waals surface area contributed by atoms with Crippen LogP contribution < -0.4 is 0 Å². The number of carbonyl (C=O) groups is 3. The average Bonchev–Trinajstić information content (AvgIpc) is 3.11. The topological polar surface area (TPSA) is 128 Å². The molecule has 2 bridgehead atoms. The van der Waals surface area contributed by atoms with Crippen LogP contribution in [0.5, 0.6) is 0 Å². The number of nitrogens with zero attached hydrogens (tertiary/aromatic N) is 5. The Bertz CT molecular complexity index is 1290. The van der Waals surface area contributed by atoms with E-state index in [2.05, 4.69) is 24.5 Å². The minimum absolute atomic E-state index is 0.400. The molecular formula is C39H51N5O6. The van der Waals surface area contributed by atoms with Crippen LogP contribution in [-0.4, -0.2) is 154 Å². The van der Waals surface area contributed by atoms with E-state index in [1.54, 1.807) is 0 Å². The standard InChI is InChI=1S/C39H51N5O6/c45-37(46)34(28-31-10-4-1-5-11-31)42-22-16-40-18-24-43(35(38(47)48)29-32-12-6-2-7-13-32)25-19-41(17-23-42)21-27-44(26-20-40)36(39(49)50)30-33-14-8-3-9-15-33/h1-15,34-36H,16-30H2,(H,45,46)(H,47,48)(H,49,50). The first kappa shape index (κ1) is 37.1. The molecule has 0 saturated carbocycles. The zero-order chi connectivity index (χ0) is 35.3. The van der Waals surface area contributed by atoms with Gasteiger partial charge in [0.25, 0.3) is 0 Å². The summed E-state index contributed by atoms with van der Waals surface area (Å²) in [5, 5.41) is 31.3. The summed E-state index contributed by atoms with van der Waals surface area (Å²) in [6.45, 7) is 6.60. The Morgan fingerprint density at radius 3 is 0.820 bits per heavy atom. The van der Waals surface area contributed by atoms with Gasteiger partial charge in [0.2, 0.25) is 0 Å². The van der Waals surface area contributed by atoms with Crippen LogP contribution in [0.2, 0.25) is 0 Å². The molecule has 3 aromatic carbocycles. The molecule has 3 atom stereocenters. The van der Waals surface area contributed by atoms with Crippen molar-refractivity contribution in [3.63, 3.8) is 0 Å². The van der Waals surface area contributed by atoms with Crippen molar-refractivity contribution in [1.82, 2.24) is 24.5 Å². The number of aliphatic carboxylic acids is 3. The van der Waals surface area contributed by atoms with E-state index in [1.165, 1.54) is 0 Å². The third-order valence-corrected chi connectivity index (χ3v) is 10.2. The van der Waals surface area contributed by atoms with Crippen LogP contribution in [0.25, 0.3) is 0 Å². The highest BCUT2D eigenvalue weighted by molar-refractivity contribution is 5.75. The number of benzene rings is 3. The van der Waals surface area contributed by atoms with Gasteiger partial charge in [0.1, 0.15) is 18.1 Å². The Kier molecular flexibility index (Phi) is 13.9. The van der Waals surface area contributed by atoms with E-state index in [0.717, 1.165) is 16.7 Å². The minimum atomic E-state index is -0.848. The van der Waals surface area contributed by atoms with Crippen LogP contribution in [0, 0.1) is 0 Å². The molecule has 0 spiro atoms. The van der Waals surface area contributed by atoms with Crippen molar-refractivity contribution in [2.45, 2.75) is 37.4 Å². The van der Waals surface area contributed by atoms with Gasteiger partial charge < -0.3 is 15.3 Å². The molecule has 11 nitrogen and oxygen atoms in total. The van der Waals surface area contributed by atoms with E-state index in [4.69, 9.17) is 0 Å². The quantitative estimate of drug-likeness (QED) is 0.261. The monoisotopic (exact) mass is 685 g/mol. The molecule has 3 aromatic rings. The van der Waals surface area contributed by atoms with Crippen LogP contribution in [0.15, 0.2) is 91.0 Å². The third-order valence-electron chi connectivity index (χ3n) is 10.2. The van der Waals surface area contributed by atoms with E-state index < -0.39 is 36.0 Å². The highest BCUT2D eigenvalue weighted by atomic mass is 16.4. The lowest BCUT2D eigenvalue weighted by Crippen LogP contribution is -2.56. The number of hydrogen-bond donors (Lipinski definition) is 3. The van der Waals surface area contributed by atoms with Crippen molar-refractivity contribution < 1.29 is 29.7 Å². The maximum absolute atomic E-state index is 12.7. The molecule has 50 heavy (non-hydrogen) atoms. The summed E-state index contributed by atoms with van der Waals surface area (Å²) in [5.74, 6) is -2.54. The van der Waals surface area contributed by atoms with E-state index in [9.17, 15) is 29.7 Å². The van der Waals surface area contributed by atoms with E-state index in [0.29, 0.717) is 97.8 Å². The molecule has 0 aliphatic carbocycles. The van der Waals surface area contributed by atoms with Crippen LogP contribution in [0.3, 0.4) is 0 Å². The average molecular weight is 686 g/mol. The smallest absolute Gasteiger partial charge is 0.321 e. The van der Waals surface area contributed by atoms with Gasteiger partial charge in [-0.3, -0.25) is 38.9 Å². The number of hydrogen-bond acceptors (Lipinski definition) is 8. The zero-order valence-electron chi connectivity index (χ0n) is 28.8. The van der Waals surface area contributed by atoms with Gasteiger partial charge in [0.05, 0.1) is 0 Å². The Hall–Kier alpha value is -4.13. The van der Waals surface area contributed by atoms with Crippen molar-refractivity contribution in [3.05, 3.63) is 108 Å². The van der Waals surface area contributed by atoms with Crippen LogP contribution in [-0.2, 0) is 33.6 Å². The molecule has 0 amide bonds. The Balaban J connectivity index is 1.41. The molecule has 3 heterocycles. The number of carboxylic acid groups (broad SMARTS) is 3. The molecule has 6 rings (SSSR count). The summed E-state index contributed by atoms with van der Waals surface area (Å²) in [6, 6.07) is 27.1. The van der Waals surface area contributed by atoms with Gasteiger partial charge in [-0.1, -0.05) is 91.0 Å². The zero-order valence-corrected chi connectivity index (χ0v) is 28.8. The maximum atomic E-state index is 12.7. The molecule has 3 saturated heterocycles. The number of carboxylic acids is 3. The Morgan fingerprint density at radius 2 is 0.620 bits per heavy atom. The summed E-state index contributed by atoms with van der Waals surface area (Å²) < 4.78 is 0. The fraction of sp³-hybridized carbons (Fsp3) is 0.462. The van der Waals surface area contributed by atoms with Gasteiger partial charge >= 0.3 is 17.9 Å². The van der Waals surface area contributed by atoms with Crippen molar-refractivity contribution >= 4 is 17.9 Å². The lowest BCUT2D eigenvalue weighted by atomic mass is 10.0. The summed E-state index contributed by atoms with van der Waals surface area (Å²) >= 11 is 0. The normalized spacial score (nSPS) is 22.1. The fourth-order valence-electron chi connectivity index (χ4n) is 7.19. The lowest BCUT2D eigenvalue weighted by Gasteiger charge is -2.40. The van der Waals surface area contributed by atoms with Gasteiger partial charge in [-0.15, -0.1) is 0 Å². The summed E-state index contributed by atoms with van der Waals surface area (Å²) in [6.07, 6.45) is 1.20. The fourth-order valence-corrected chi connectivity index (χ4v) is 7.19. The second kappa shape index (κ2) is 18.7. The molecule has 3 aliphatic heterocycles. The molecule has 3 N–H and O–H groups in total. The third kappa shape index (κ3) is 10.9. The van der Waals surface area contributed by atoms with Crippen LogP contribution in [0.4, 0.5) is 0 Å². The molecule has 0 radical (unpaired) electrons. The summed E-state index contributed by atoms with van der Waals surface area (Å²) in [5.41, 5.74) is 2.93. The van der Waals surface area contributed by atoms with Crippen LogP contribution >= 0.6 is 0 Å². The van der Waals surface area contributed by atoms with Crippen molar-refractivity contribution in [2.24, 2.45) is 0 Å². The first-order valence-electron chi connectivity index (χ1n) is 17.7. The predicted molar refractivity (Wildman–Crippen MR) is 192 cm³/mol. The molecule has 268 valence electrons. The van der Waals surface area contributed by atoms with Crippen molar-refractivity contribution in [3.8, 4) is 0 Å². The number of fused-ring (bicyclic) bond motifs is 12. The molecule has 11 heteroatoms. The van der Waals surface area contributed by atoms with Gasteiger partial charge in [-0.05, 0) is 36.0 Å². The summed E-state index contributed by atoms with van der Waals surface area (Å²) in [7, 11) is 0. The summed E-state index contributed by atoms with van der Waals surface area (Å²) in [4.78, 5) is 48.9. The molecule has 0 aromatic heterocycles. The highest BCUT2D eigenvalue weighted by Gasteiger charge is 2.32.